The highest BCUT2D eigenvalue weighted by Gasteiger charge is 2.17. The Bertz CT molecular complexity index is 2230. The van der Waals surface area contributed by atoms with Gasteiger partial charge in [0.05, 0.1) is 34.2 Å². The van der Waals surface area contributed by atoms with Crippen LogP contribution in [-0.2, 0) is 0 Å². The quantitative estimate of drug-likeness (QED) is 0.104. The van der Waals surface area contributed by atoms with Gasteiger partial charge in [-0.15, -0.1) is 0 Å². The fourth-order valence-corrected chi connectivity index (χ4v) is 6.70. The number of pyridine rings is 3. The van der Waals surface area contributed by atoms with E-state index in [9.17, 15) is 0 Å². The van der Waals surface area contributed by atoms with Crippen molar-refractivity contribution in [1.82, 2.24) is 15.0 Å². The van der Waals surface area contributed by atoms with E-state index >= 15 is 0 Å². The predicted octanol–water partition coefficient (Wildman–Crippen LogP) is 9.68. The number of rotatable bonds is 6. The Hall–Kier alpha value is -5.77. The smallest absolute Gasteiger partial charge is 0.119 e. The van der Waals surface area contributed by atoms with Gasteiger partial charge in [-0.3, -0.25) is 21.6 Å². The molecule has 7 rings (SSSR count). The van der Waals surface area contributed by atoms with E-state index in [0.717, 1.165) is 67.6 Å². The SMILES string of the molecule is N=C(SC(=N)c1cccc(-c2cccc3ccccc23)n1)c1cccc(C(=N)SC(=N)c2cccc(-c3cccc4ccccc34)n2)n1. The number of hydrogen-bond donors (Lipinski definition) is 4. The highest BCUT2D eigenvalue weighted by molar-refractivity contribution is 8.27. The summed E-state index contributed by atoms with van der Waals surface area (Å²) in [6, 6.07) is 44.6. The van der Waals surface area contributed by atoms with Crippen molar-refractivity contribution >= 4 is 65.2 Å². The van der Waals surface area contributed by atoms with Gasteiger partial charge in [0.2, 0.25) is 0 Å². The van der Waals surface area contributed by atoms with Crippen molar-refractivity contribution in [3.05, 3.63) is 162 Å². The summed E-state index contributed by atoms with van der Waals surface area (Å²) in [5, 5.41) is 39.7. The molecule has 0 saturated carbocycles. The van der Waals surface area contributed by atoms with Gasteiger partial charge in [0.1, 0.15) is 20.2 Å². The van der Waals surface area contributed by atoms with Crippen molar-refractivity contribution in [2.75, 3.05) is 0 Å². The van der Waals surface area contributed by atoms with Crippen LogP contribution in [0.3, 0.4) is 0 Å². The largest absolute Gasteiger partial charge is 0.292 e. The molecule has 0 atom stereocenters. The molecule has 0 bridgehead atoms. The molecule has 7 nitrogen and oxygen atoms in total. The average Bonchev–Trinajstić information content (AvgIpc) is 3.14. The summed E-state index contributed by atoms with van der Waals surface area (Å²) in [5.74, 6) is 0. The van der Waals surface area contributed by atoms with E-state index in [4.69, 9.17) is 31.6 Å². The van der Waals surface area contributed by atoms with E-state index in [1.54, 1.807) is 30.3 Å². The topological polar surface area (TPSA) is 134 Å². The molecular formula is C39H27N7S2. The maximum Gasteiger partial charge on any atom is 0.119 e. The zero-order chi connectivity index (χ0) is 33.0. The summed E-state index contributed by atoms with van der Waals surface area (Å²) < 4.78 is 0. The number of aromatic nitrogens is 3. The lowest BCUT2D eigenvalue weighted by Gasteiger charge is -2.10. The first-order valence-corrected chi connectivity index (χ1v) is 16.7. The molecule has 0 amide bonds. The molecule has 3 aromatic heterocycles. The Balaban J connectivity index is 1.05. The average molecular weight is 658 g/mol. The van der Waals surface area contributed by atoms with Crippen LogP contribution in [0.15, 0.2) is 140 Å². The van der Waals surface area contributed by atoms with Gasteiger partial charge in [0.25, 0.3) is 0 Å². The van der Waals surface area contributed by atoms with E-state index in [2.05, 4.69) is 41.4 Å². The molecule has 9 heteroatoms. The summed E-state index contributed by atoms with van der Waals surface area (Å²) in [4.78, 5) is 14.1. The molecule has 4 aromatic carbocycles. The number of benzene rings is 4. The van der Waals surface area contributed by atoms with Crippen molar-refractivity contribution in [3.63, 3.8) is 0 Å². The Morgan fingerprint density at radius 2 is 0.688 bits per heavy atom. The van der Waals surface area contributed by atoms with Gasteiger partial charge in [0.15, 0.2) is 0 Å². The first-order chi connectivity index (χ1) is 23.4. The molecule has 0 fully saturated rings. The molecule has 0 unspecified atom stereocenters. The van der Waals surface area contributed by atoms with Crippen LogP contribution in [-0.4, -0.2) is 35.1 Å². The van der Waals surface area contributed by atoms with E-state index in [1.165, 1.54) is 0 Å². The van der Waals surface area contributed by atoms with Crippen LogP contribution >= 0.6 is 23.5 Å². The Morgan fingerprint density at radius 3 is 1.12 bits per heavy atom. The maximum absolute atomic E-state index is 8.73. The third-order valence-corrected chi connectivity index (χ3v) is 9.37. The molecular weight excluding hydrogens is 631 g/mol. The molecule has 0 saturated heterocycles. The third kappa shape index (κ3) is 6.42. The summed E-state index contributed by atoms with van der Waals surface area (Å²) in [7, 11) is 0. The van der Waals surface area contributed by atoms with Gasteiger partial charge >= 0.3 is 0 Å². The lowest BCUT2D eigenvalue weighted by molar-refractivity contribution is 1.26. The molecule has 230 valence electrons. The minimum Gasteiger partial charge on any atom is -0.292 e. The minimum atomic E-state index is 0.0662. The molecule has 0 radical (unpaired) electrons. The van der Waals surface area contributed by atoms with Crippen LogP contribution in [0.25, 0.3) is 44.1 Å². The number of nitrogens with one attached hydrogen (secondary N) is 4. The monoisotopic (exact) mass is 657 g/mol. The van der Waals surface area contributed by atoms with Crippen LogP contribution < -0.4 is 0 Å². The molecule has 4 N–H and O–H groups in total. The molecule has 0 aliphatic rings. The maximum atomic E-state index is 8.73. The number of thioether (sulfide) groups is 2. The van der Waals surface area contributed by atoms with Crippen molar-refractivity contribution < 1.29 is 0 Å². The van der Waals surface area contributed by atoms with Gasteiger partial charge in [-0.25, -0.2) is 15.0 Å². The highest BCUT2D eigenvalue weighted by Crippen LogP contribution is 2.30. The zero-order valence-electron chi connectivity index (χ0n) is 25.4. The van der Waals surface area contributed by atoms with Gasteiger partial charge < -0.3 is 0 Å². The van der Waals surface area contributed by atoms with E-state index in [0.29, 0.717) is 22.8 Å². The van der Waals surface area contributed by atoms with Crippen molar-refractivity contribution in [3.8, 4) is 22.5 Å². The normalized spacial score (nSPS) is 11.0. The fourth-order valence-electron chi connectivity index (χ4n) is 5.42. The van der Waals surface area contributed by atoms with Crippen molar-refractivity contribution in [1.29, 1.82) is 21.6 Å². The van der Waals surface area contributed by atoms with E-state index in [1.807, 2.05) is 72.8 Å². The molecule has 0 aliphatic carbocycles. The predicted molar refractivity (Wildman–Crippen MR) is 201 cm³/mol. The number of fused-ring (bicyclic) bond motifs is 2. The second-order valence-electron chi connectivity index (χ2n) is 10.8. The molecule has 3 heterocycles. The molecule has 0 spiro atoms. The van der Waals surface area contributed by atoms with Crippen molar-refractivity contribution in [2.45, 2.75) is 0 Å². The zero-order valence-corrected chi connectivity index (χ0v) is 27.1. The summed E-state index contributed by atoms with van der Waals surface area (Å²) in [6.45, 7) is 0. The second kappa shape index (κ2) is 13.5. The van der Waals surface area contributed by atoms with Gasteiger partial charge in [-0.2, -0.15) is 0 Å². The van der Waals surface area contributed by atoms with Gasteiger partial charge in [-0.1, -0.05) is 103 Å². The fraction of sp³-hybridized carbons (Fsp3) is 0. The van der Waals surface area contributed by atoms with Crippen LogP contribution in [0.2, 0.25) is 0 Å². The third-order valence-electron chi connectivity index (χ3n) is 7.72. The summed E-state index contributed by atoms with van der Waals surface area (Å²) >= 11 is 1.91. The lowest BCUT2D eigenvalue weighted by atomic mass is 10.0. The molecule has 48 heavy (non-hydrogen) atoms. The Morgan fingerprint density at radius 1 is 0.354 bits per heavy atom. The molecule has 7 aromatic rings. The summed E-state index contributed by atoms with van der Waals surface area (Å²) in [6.07, 6.45) is 0. The number of hydrogen-bond acceptors (Lipinski definition) is 9. The van der Waals surface area contributed by atoms with Crippen molar-refractivity contribution in [2.24, 2.45) is 0 Å². The first-order valence-electron chi connectivity index (χ1n) is 15.0. The highest BCUT2D eigenvalue weighted by atomic mass is 32.2. The van der Waals surface area contributed by atoms with Crippen LogP contribution in [0.4, 0.5) is 0 Å². The van der Waals surface area contributed by atoms with Gasteiger partial charge in [-0.05, 0) is 81.5 Å². The van der Waals surface area contributed by atoms with Crippen LogP contribution in [0, 0.1) is 21.6 Å². The first kappa shape index (κ1) is 30.9. The van der Waals surface area contributed by atoms with Gasteiger partial charge in [0, 0.05) is 11.1 Å². The Kier molecular flexibility index (Phi) is 8.70. The molecule has 0 aliphatic heterocycles. The van der Waals surface area contributed by atoms with Crippen LogP contribution in [0.5, 0.6) is 0 Å². The van der Waals surface area contributed by atoms with Crippen LogP contribution in [0.1, 0.15) is 22.8 Å². The van der Waals surface area contributed by atoms with E-state index in [-0.39, 0.29) is 20.2 Å². The Labute approximate surface area is 285 Å². The van der Waals surface area contributed by atoms with E-state index < -0.39 is 0 Å². The standard InChI is InChI=1S/C39H27N7S2/c40-36(32-20-7-18-30(44-32)28-16-5-12-24-10-1-3-14-26(24)28)47-38(42)34-22-9-23-35(46-34)39(43)48-37(41)33-21-8-19-31(45-33)29-17-6-13-25-11-2-4-15-27(25)29/h1-23,40-43H. The summed E-state index contributed by atoms with van der Waals surface area (Å²) in [5.41, 5.74) is 5.06. The minimum absolute atomic E-state index is 0.0662. The number of nitrogens with zero attached hydrogens (tertiary/aromatic N) is 3. The second-order valence-corrected chi connectivity index (χ2v) is 12.8. The lowest BCUT2D eigenvalue weighted by Crippen LogP contribution is -2.09.